The third-order valence-corrected chi connectivity index (χ3v) is 5.36. The Morgan fingerprint density at radius 2 is 1.94 bits per heavy atom. The number of carbonyl (C=O) groups is 1. The number of fused-ring (bicyclic) bond motifs is 2. The fourth-order valence-electron chi connectivity index (χ4n) is 3.78. The van der Waals surface area contributed by atoms with E-state index in [4.69, 9.17) is 9.72 Å². The van der Waals surface area contributed by atoms with Crippen LogP contribution in [-0.4, -0.2) is 44.8 Å². The average Bonchev–Trinajstić information content (AvgIpc) is 3.33. The number of hydrogen-bond acceptors (Lipinski definition) is 7. The molecule has 3 heterocycles. The molecule has 0 spiro atoms. The van der Waals surface area contributed by atoms with Crippen LogP contribution in [0.3, 0.4) is 0 Å². The minimum Gasteiger partial charge on any atom is -0.438 e. The largest absolute Gasteiger partial charge is 0.438 e. The van der Waals surface area contributed by atoms with E-state index in [0.717, 1.165) is 34.2 Å². The number of nitrogens with zero attached hydrogens (tertiary/aromatic N) is 4. The number of nitrogens with one attached hydrogen (secondary N) is 3. The number of ether oxygens (including phenoxy) is 1. The topological polar surface area (TPSA) is 108 Å². The predicted molar refractivity (Wildman–Crippen MR) is 142 cm³/mol. The van der Waals surface area contributed by atoms with Crippen molar-refractivity contribution >= 4 is 45.2 Å². The van der Waals surface area contributed by atoms with Crippen molar-refractivity contribution in [3.05, 3.63) is 85.2 Å². The summed E-state index contributed by atoms with van der Waals surface area (Å²) in [5.74, 6) is 0.988. The van der Waals surface area contributed by atoms with E-state index in [1.807, 2.05) is 44.4 Å². The number of hydrogen-bond donors (Lipinski definition) is 3. The third-order valence-electron chi connectivity index (χ3n) is 5.36. The Hall–Kier alpha value is -4.76. The molecule has 9 heteroatoms. The van der Waals surface area contributed by atoms with Crippen LogP contribution in [0.15, 0.2) is 79.5 Å². The van der Waals surface area contributed by atoms with Crippen LogP contribution in [0.4, 0.5) is 17.3 Å². The van der Waals surface area contributed by atoms with E-state index < -0.39 is 0 Å². The molecular weight excluding hydrogens is 454 g/mol. The molecule has 1 amide bonds. The highest BCUT2D eigenvalue weighted by Crippen LogP contribution is 2.30. The summed E-state index contributed by atoms with van der Waals surface area (Å²) in [7, 11) is 4.05. The average molecular weight is 480 g/mol. The Labute approximate surface area is 207 Å². The van der Waals surface area contributed by atoms with Crippen LogP contribution in [0.1, 0.15) is 5.69 Å². The van der Waals surface area contributed by atoms with Crippen molar-refractivity contribution in [3.8, 4) is 11.6 Å². The quantitative estimate of drug-likeness (QED) is 0.262. The predicted octanol–water partition coefficient (Wildman–Crippen LogP) is 5.23. The number of pyridine rings is 1. The first kappa shape index (κ1) is 23.0. The van der Waals surface area contributed by atoms with Gasteiger partial charge in [-0.1, -0.05) is 18.7 Å². The van der Waals surface area contributed by atoms with E-state index in [2.05, 4.69) is 43.1 Å². The van der Waals surface area contributed by atoms with Crippen LogP contribution in [0, 0.1) is 0 Å². The van der Waals surface area contributed by atoms with Gasteiger partial charge < -0.3 is 25.3 Å². The monoisotopic (exact) mass is 479 g/mol. The lowest BCUT2D eigenvalue weighted by Gasteiger charge is -2.12. The fourth-order valence-corrected chi connectivity index (χ4v) is 3.78. The molecule has 3 N–H and O–H groups in total. The molecule has 0 aliphatic heterocycles. The second-order valence-corrected chi connectivity index (χ2v) is 8.49. The first-order valence-electron chi connectivity index (χ1n) is 11.3. The molecule has 0 fully saturated rings. The molecule has 0 atom stereocenters. The number of rotatable bonds is 8. The Bertz CT molecular complexity index is 1580. The second kappa shape index (κ2) is 9.85. The lowest BCUT2D eigenvalue weighted by molar-refractivity contribution is -0.111. The van der Waals surface area contributed by atoms with Crippen molar-refractivity contribution in [2.75, 3.05) is 24.7 Å². The number of benzene rings is 2. The summed E-state index contributed by atoms with van der Waals surface area (Å²) in [6.45, 7) is 4.26. The van der Waals surface area contributed by atoms with Gasteiger partial charge in [-0.15, -0.1) is 0 Å². The number of aromatic amines is 1. The molecule has 0 bridgehead atoms. The van der Waals surface area contributed by atoms with Crippen molar-refractivity contribution in [2.24, 2.45) is 0 Å². The molecule has 9 nitrogen and oxygen atoms in total. The fraction of sp³-hybridized carbons (Fsp3) is 0.111. The molecule has 5 rings (SSSR count). The van der Waals surface area contributed by atoms with Gasteiger partial charge in [-0.25, -0.2) is 0 Å². The first-order valence-corrected chi connectivity index (χ1v) is 11.3. The minimum atomic E-state index is -0.298. The Morgan fingerprint density at radius 1 is 1.06 bits per heavy atom. The molecule has 5 aromatic rings. The van der Waals surface area contributed by atoms with E-state index >= 15 is 0 Å². The smallest absolute Gasteiger partial charge is 0.247 e. The van der Waals surface area contributed by atoms with Crippen molar-refractivity contribution in [1.29, 1.82) is 0 Å². The van der Waals surface area contributed by atoms with Gasteiger partial charge in [-0.05, 0) is 62.6 Å². The van der Waals surface area contributed by atoms with Gasteiger partial charge in [0.15, 0.2) is 0 Å². The van der Waals surface area contributed by atoms with E-state index in [0.29, 0.717) is 28.9 Å². The third kappa shape index (κ3) is 5.16. The van der Waals surface area contributed by atoms with E-state index in [-0.39, 0.29) is 5.91 Å². The van der Waals surface area contributed by atoms with Gasteiger partial charge in [0.25, 0.3) is 0 Å². The van der Waals surface area contributed by atoms with Crippen molar-refractivity contribution in [1.82, 2.24) is 24.8 Å². The van der Waals surface area contributed by atoms with Crippen LogP contribution >= 0.6 is 0 Å². The van der Waals surface area contributed by atoms with E-state index in [1.165, 1.54) is 6.08 Å². The van der Waals surface area contributed by atoms with E-state index in [9.17, 15) is 4.79 Å². The van der Waals surface area contributed by atoms with Gasteiger partial charge in [0.2, 0.25) is 17.7 Å². The highest BCUT2D eigenvalue weighted by atomic mass is 16.5. The van der Waals surface area contributed by atoms with Crippen molar-refractivity contribution in [3.63, 3.8) is 0 Å². The minimum absolute atomic E-state index is 0.298. The standard InChI is InChI=1S/C27H25N7O2/c1-4-24(35)30-18-6-5-7-21(15-18)36-26-22-12-13-28-25(22)32-27(33-26)31-19-10-11-23-17(14-19)8-9-20(29-23)16-34(2)3/h4-15H,1,16H2,2-3H3,(H,30,35)(H2,28,31,32,33). The molecule has 0 radical (unpaired) electrons. The zero-order valence-corrected chi connectivity index (χ0v) is 19.9. The van der Waals surface area contributed by atoms with Crippen molar-refractivity contribution < 1.29 is 9.53 Å². The molecule has 0 saturated carbocycles. The van der Waals surface area contributed by atoms with Gasteiger partial charge in [0.1, 0.15) is 11.4 Å². The summed E-state index contributed by atoms with van der Waals surface area (Å²) in [4.78, 5) is 30.8. The maximum absolute atomic E-state index is 11.6. The van der Waals surface area contributed by atoms with E-state index in [1.54, 1.807) is 30.5 Å². The SMILES string of the molecule is C=CC(=O)Nc1cccc(Oc2nc(Nc3ccc4nc(CN(C)C)ccc4c3)nc3[nH]ccc23)c1. The zero-order chi connectivity index (χ0) is 25.1. The molecule has 0 aliphatic rings. The Kier molecular flexibility index (Phi) is 6.29. The van der Waals surface area contributed by atoms with Crippen LogP contribution in [0.25, 0.3) is 21.9 Å². The molecule has 0 unspecified atom stereocenters. The van der Waals surface area contributed by atoms with Crippen LogP contribution < -0.4 is 15.4 Å². The lowest BCUT2D eigenvalue weighted by Crippen LogP contribution is -2.11. The molecule has 180 valence electrons. The molecule has 36 heavy (non-hydrogen) atoms. The van der Waals surface area contributed by atoms with Gasteiger partial charge in [0, 0.05) is 35.6 Å². The molecule has 0 saturated heterocycles. The summed E-state index contributed by atoms with van der Waals surface area (Å²) in [6.07, 6.45) is 2.99. The van der Waals surface area contributed by atoms with Gasteiger partial charge >= 0.3 is 0 Å². The summed E-state index contributed by atoms with van der Waals surface area (Å²) in [6, 6.07) is 18.9. The Balaban J connectivity index is 1.41. The number of aromatic nitrogens is 4. The lowest BCUT2D eigenvalue weighted by atomic mass is 10.2. The zero-order valence-electron chi connectivity index (χ0n) is 19.9. The normalized spacial score (nSPS) is 11.1. The number of amides is 1. The molecular formula is C27H25N7O2. The van der Waals surface area contributed by atoms with Gasteiger partial charge in [-0.2, -0.15) is 9.97 Å². The van der Waals surface area contributed by atoms with Crippen LogP contribution in [0.2, 0.25) is 0 Å². The maximum atomic E-state index is 11.6. The summed E-state index contributed by atoms with van der Waals surface area (Å²) < 4.78 is 6.10. The maximum Gasteiger partial charge on any atom is 0.247 e. The van der Waals surface area contributed by atoms with Crippen molar-refractivity contribution in [2.45, 2.75) is 6.54 Å². The number of carbonyl (C=O) groups excluding carboxylic acids is 1. The second-order valence-electron chi connectivity index (χ2n) is 8.49. The van der Waals surface area contributed by atoms with Crippen LogP contribution in [0.5, 0.6) is 11.6 Å². The van der Waals surface area contributed by atoms with Gasteiger partial charge in [-0.3, -0.25) is 9.78 Å². The number of H-pyrrole nitrogens is 1. The Morgan fingerprint density at radius 3 is 2.78 bits per heavy atom. The molecule has 2 aromatic carbocycles. The summed E-state index contributed by atoms with van der Waals surface area (Å²) >= 11 is 0. The first-order chi connectivity index (χ1) is 17.5. The summed E-state index contributed by atoms with van der Waals surface area (Å²) in [5, 5.41) is 7.74. The molecule has 0 aliphatic carbocycles. The summed E-state index contributed by atoms with van der Waals surface area (Å²) in [5.41, 5.74) is 4.00. The van der Waals surface area contributed by atoms with Gasteiger partial charge in [0.05, 0.1) is 16.6 Å². The number of anilines is 3. The van der Waals surface area contributed by atoms with Crippen LogP contribution in [-0.2, 0) is 11.3 Å². The molecule has 3 aromatic heterocycles. The highest BCUT2D eigenvalue weighted by Gasteiger charge is 2.12. The highest BCUT2D eigenvalue weighted by molar-refractivity contribution is 5.99.